The lowest BCUT2D eigenvalue weighted by molar-refractivity contribution is -0.125. The first-order valence-corrected chi connectivity index (χ1v) is 7.74. The molecule has 2 rings (SSSR count). The van der Waals surface area contributed by atoms with E-state index in [1.807, 2.05) is 11.8 Å². The van der Waals surface area contributed by atoms with Crippen LogP contribution >= 0.6 is 11.8 Å². The highest BCUT2D eigenvalue weighted by molar-refractivity contribution is 7.99. The standard InChI is InChI=1S/C13H24N2OS/c1-12(2)7-13(11(14)16,9-17-8-12)15-10-5-3-4-6-10/h10,15H,3-9H2,1-2H3,(H2,14,16). The highest BCUT2D eigenvalue weighted by Gasteiger charge is 2.46. The Labute approximate surface area is 108 Å². The van der Waals surface area contributed by atoms with Crippen LogP contribution in [-0.4, -0.2) is 29.0 Å². The molecule has 0 radical (unpaired) electrons. The smallest absolute Gasteiger partial charge is 0.238 e. The summed E-state index contributed by atoms with van der Waals surface area (Å²) >= 11 is 1.86. The van der Waals surface area contributed by atoms with Crippen molar-refractivity contribution in [3.63, 3.8) is 0 Å². The van der Waals surface area contributed by atoms with Crippen LogP contribution in [-0.2, 0) is 4.79 Å². The van der Waals surface area contributed by atoms with Crippen molar-refractivity contribution in [1.82, 2.24) is 5.32 Å². The summed E-state index contributed by atoms with van der Waals surface area (Å²) < 4.78 is 0. The fourth-order valence-corrected chi connectivity index (χ4v) is 4.64. The van der Waals surface area contributed by atoms with Crippen molar-refractivity contribution >= 4 is 17.7 Å². The molecule has 1 heterocycles. The molecule has 0 bridgehead atoms. The summed E-state index contributed by atoms with van der Waals surface area (Å²) in [6.07, 6.45) is 5.82. The molecular weight excluding hydrogens is 232 g/mol. The van der Waals surface area contributed by atoms with Crippen LogP contribution in [0.3, 0.4) is 0 Å². The third kappa shape index (κ3) is 2.97. The maximum atomic E-state index is 11.9. The van der Waals surface area contributed by atoms with Gasteiger partial charge in [0.05, 0.1) is 0 Å². The number of hydrogen-bond donors (Lipinski definition) is 2. The van der Waals surface area contributed by atoms with E-state index in [2.05, 4.69) is 19.2 Å². The SMILES string of the molecule is CC1(C)CSCC(NC2CCCC2)(C(N)=O)C1. The van der Waals surface area contributed by atoms with Crippen LogP contribution in [0.15, 0.2) is 0 Å². The fraction of sp³-hybridized carbons (Fsp3) is 0.923. The van der Waals surface area contributed by atoms with Gasteiger partial charge < -0.3 is 5.73 Å². The third-order valence-electron chi connectivity index (χ3n) is 3.93. The Balaban J connectivity index is 2.11. The van der Waals surface area contributed by atoms with Crippen molar-refractivity contribution < 1.29 is 4.79 Å². The molecule has 0 aromatic rings. The van der Waals surface area contributed by atoms with Crippen LogP contribution in [0.25, 0.3) is 0 Å². The molecule has 0 spiro atoms. The topological polar surface area (TPSA) is 55.1 Å². The molecular formula is C13H24N2OS. The molecule has 0 aromatic heterocycles. The van der Waals surface area contributed by atoms with Gasteiger partial charge in [-0.2, -0.15) is 11.8 Å². The van der Waals surface area contributed by atoms with E-state index in [4.69, 9.17) is 5.73 Å². The van der Waals surface area contributed by atoms with Crippen LogP contribution < -0.4 is 11.1 Å². The molecule has 0 aromatic carbocycles. The van der Waals surface area contributed by atoms with E-state index in [-0.39, 0.29) is 11.3 Å². The Kier molecular flexibility index (Phi) is 3.74. The number of nitrogens with one attached hydrogen (secondary N) is 1. The van der Waals surface area contributed by atoms with Crippen LogP contribution in [0.5, 0.6) is 0 Å². The van der Waals surface area contributed by atoms with Crippen LogP contribution in [0.2, 0.25) is 0 Å². The monoisotopic (exact) mass is 256 g/mol. The Morgan fingerprint density at radius 3 is 2.47 bits per heavy atom. The lowest BCUT2D eigenvalue weighted by Gasteiger charge is -2.44. The normalized spacial score (nSPS) is 33.8. The molecule has 1 amide bonds. The van der Waals surface area contributed by atoms with Gasteiger partial charge in [0.15, 0.2) is 0 Å². The summed E-state index contributed by atoms with van der Waals surface area (Å²) in [6.45, 7) is 4.46. The minimum Gasteiger partial charge on any atom is -0.368 e. The maximum Gasteiger partial charge on any atom is 0.238 e. The number of amides is 1. The summed E-state index contributed by atoms with van der Waals surface area (Å²) in [5, 5.41) is 3.59. The molecule has 3 N–H and O–H groups in total. The number of hydrogen-bond acceptors (Lipinski definition) is 3. The molecule has 3 nitrogen and oxygen atoms in total. The molecule has 98 valence electrons. The summed E-state index contributed by atoms with van der Waals surface area (Å²) in [4.78, 5) is 11.9. The first kappa shape index (κ1) is 13.2. The largest absolute Gasteiger partial charge is 0.368 e. The van der Waals surface area contributed by atoms with E-state index in [0.717, 1.165) is 17.9 Å². The van der Waals surface area contributed by atoms with Crippen LogP contribution in [0, 0.1) is 5.41 Å². The van der Waals surface area contributed by atoms with Gasteiger partial charge in [0, 0.05) is 11.8 Å². The molecule has 1 atom stereocenters. The van der Waals surface area contributed by atoms with Gasteiger partial charge in [0.25, 0.3) is 0 Å². The van der Waals surface area contributed by atoms with Gasteiger partial charge in [-0.25, -0.2) is 0 Å². The lowest BCUT2D eigenvalue weighted by atomic mass is 9.79. The van der Waals surface area contributed by atoms with E-state index in [0.29, 0.717) is 6.04 Å². The lowest BCUT2D eigenvalue weighted by Crippen LogP contribution is -2.63. The van der Waals surface area contributed by atoms with Gasteiger partial charge in [-0.15, -0.1) is 0 Å². The minimum atomic E-state index is -0.471. The van der Waals surface area contributed by atoms with E-state index in [9.17, 15) is 4.79 Å². The predicted molar refractivity (Wildman–Crippen MR) is 73.0 cm³/mol. The molecule has 2 fully saturated rings. The fourth-order valence-electron chi connectivity index (χ4n) is 3.20. The maximum absolute atomic E-state index is 11.9. The Morgan fingerprint density at radius 1 is 1.29 bits per heavy atom. The van der Waals surface area contributed by atoms with Gasteiger partial charge in [0.1, 0.15) is 5.54 Å². The predicted octanol–water partition coefficient (Wildman–Crippen LogP) is 1.91. The molecule has 1 saturated heterocycles. The highest BCUT2D eigenvalue weighted by atomic mass is 32.2. The molecule has 2 aliphatic rings. The Morgan fingerprint density at radius 2 is 1.94 bits per heavy atom. The van der Waals surface area contributed by atoms with E-state index in [1.54, 1.807) is 0 Å². The molecule has 17 heavy (non-hydrogen) atoms. The van der Waals surface area contributed by atoms with Crippen LogP contribution in [0.4, 0.5) is 0 Å². The van der Waals surface area contributed by atoms with Gasteiger partial charge in [-0.05, 0) is 30.4 Å². The molecule has 1 saturated carbocycles. The van der Waals surface area contributed by atoms with Crippen molar-refractivity contribution in [2.75, 3.05) is 11.5 Å². The molecule has 1 aliphatic heterocycles. The van der Waals surface area contributed by atoms with Crippen molar-refractivity contribution in [3.8, 4) is 0 Å². The highest BCUT2D eigenvalue weighted by Crippen LogP contribution is 2.40. The molecule has 1 unspecified atom stereocenters. The number of carbonyl (C=O) groups is 1. The second-order valence-corrected chi connectivity index (χ2v) is 7.39. The Bertz CT molecular complexity index is 300. The van der Waals surface area contributed by atoms with E-state index >= 15 is 0 Å². The average molecular weight is 256 g/mol. The Hall–Kier alpha value is -0.220. The van der Waals surface area contributed by atoms with Crippen LogP contribution in [0.1, 0.15) is 46.0 Å². The molecule has 4 heteroatoms. The van der Waals surface area contributed by atoms with Crippen molar-refractivity contribution in [2.24, 2.45) is 11.1 Å². The van der Waals surface area contributed by atoms with E-state index < -0.39 is 5.54 Å². The zero-order chi connectivity index (χ0) is 12.5. The first-order chi connectivity index (χ1) is 7.94. The first-order valence-electron chi connectivity index (χ1n) is 6.59. The van der Waals surface area contributed by atoms with Crippen molar-refractivity contribution in [3.05, 3.63) is 0 Å². The number of carbonyl (C=O) groups excluding carboxylic acids is 1. The van der Waals surface area contributed by atoms with Gasteiger partial charge in [0.2, 0.25) is 5.91 Å². The van der Waals surface area contributed by atoms with Crippen molar-refractivity contribution in [2.45, 2.75) is 57.5 Å². The summed E-state index contributed by atoms with van der Waals surface area (Å²) in [5.74, 6) is 1.79. The number of rotatable bonds is 3. The van der Waals surface area contributed by atoms with E-state index in [1.165, 1.54) is 25.7 Å². The second-order valence-electron chi connectivity index (χ2n) is 6.41. The number of primary amides is 1. The second kappa shape index (κ2) is 4.81. The minimum absolute atomic E-state index is 0.162. The summed E-state index contributed by atoms with van der Waals surface area (Å²) in [6, 6.07) is 0.497. The van der Waals surface area contributed by atoms with Gasteiger partial charge >= 0.3 is 0 Å². The van der Waals surface area contributed by atoms with Gasteiger partial charge in [-0.1, -0.05) is 26.7 Å². The average Bonchev–Trinajstić information content (AvgIpc) is 2.68. The zero-order valence-corrected chi connectivity index (χ0v) is 11.7. The third-order valence-corrected chi connectivity index (χ3v) is 5.61. The molecule has 1 aliphatic carbocycles. The number of thioether (sulfide) groups is 1. The quantitative estimate of drug-likeness (QED) is 0.811. The summed E-state index contributed by atoms with van der Waals surface area (Å²) in [7, 11) is 0. The number of nitrogens with two attached hydrogens (primary N) is 1. The van der Waals surface area contributed by atoms with Crippen molar-refractivity contribution in [1.29, 1.82) is 0 Å². The summed E-state index contributed by atoms with van der Waals surface area (Å²) in [5.41, 5.74) is 5.41. The zero-order valence-electron chi connectivity index (χ0n) is 10.9. The van der Waals surface area contributed by atoms with Gasteiger partial charge in [-0.3, -0.25) is 10.1 Å².